The van der Waals surface area contributed by atoms with Crippen molar-refractivity contribution in [1.82, 2.24) is 4.98 Å². The maximum atomic E-state index is 9.29. The average molecular weight is 359 g/mol. The number of hydrogen-bond donors (Lipinski definition) is 1. The molecule has 1 aliphatic rings. The first kappa shape index (κ1) is 18.7. The zero-order chi connectivity index (χ0) is 19.6. The number of nitrogens with one attached hydrogen (secondary N) is 1. The standard InChI is InChI=1S/C23H25N3O/c1-6-17-11-16(12-24)9-10-19(17)20-18(7-2)15(5)26-22-14(4)13-25-23(21(20)22)27-8-3/h7,9-11,13,20,26H,2,6,8H2,1,3-5H3. The molecule has 2 aromatic rings. The second kappa shape index (κ2) is 7.67. The van der Waals surface area contributed by atoms with Gasteiger partial charge in [0.15, 0.2) is 0 Å². The number of nitrogens with zero attached hydrogens (tertiary/aromatic N) is 2. The summed E-state index contributed by atoms with van der Waals surface area (Å²) in [7, 11) is 0. The van der Waals surface area contributed by atoms with Crippen LogP contribution in [0.1, 0.15) is 54.5 Å². The number of aromatic nitrogens is 1. The Morgan fingerprint density at radius 1 is 1.33 bits per heavy atom. The monoisotopic (exact) mass is 359 g/mol. The van der Waals surface area contributed by atoms with Crippen LogP contribution in [0, 0.1) is 18.3 Å². The number of fused-ring (bicyclic) bond motifs is 1. The number of anilines is 1. The van der Waals surface area contributed by atoms with Crippen molar-refractivity contribution >= 4 is 5.69 Å². The Bertz CT molecular complexity index is 966. The SMILES string of the molecule is C=CC1=C(C)Nc2c(C)cnc(OCC)c2C1c1ccc(C#N)cc1CC. The van der Waals surface area contributed by atoms with Crippen LogP contribution in [0.2, 0.25) is 0 Å². The number of nitriles is 1. The van der Waals surface area contributed by atoms with Gasteiger partial charge in [-0.1, -0.05) is 25.6 Å². The van der Waals surface area contributed by atoms with Gasteiger partial charge in [0.2, 0.25) is 5.88 Å². The van der Waals surface area contributed by atoms with E-state index in [0.29, 0.717) is 18.1 Å². The molecule has 27 heavy (non-hydrogen) atoms. The zero-order valence-electron chi connectivity index (χ0n) is 16.4. The smallest absolute Gasteiger partial charge is 0.219 e. The Labute approximate surface area is 161 Å². The van der Waals surface area contributed by atoms with Gasteiger partial charge in [-0.15, -0.1) is 0 Å². The number of pyridine rings is 1. The number of rotatable bonds is 5. The average Bonchev–Trinajstić information content (AvgIpc) is 2.69. The Balaban J connectivity index is 2.34. The molecule has 1 atom stereocenters. The summed E-state index contributed by atoms with van der Waals surface area (Å²) in [5, 5.41) is 12.8. The van der Waals surface area contributed by atoms with Crippen molar-refractivity contribution in [3.63, 3.8) is 0 Å². The molecule has 4 nitrogen and oxygen atoms in total. The number of aryl methyl sites for hydroxylation is 2. The van der Waals surface area contributed by atoms with E-state index in [-0.39, 0.29) is 5.92 Å². The van der Waals surface area contributed by atoms with Gasteiger partial charge in [0.1, 0.15) is 0 Å². The summed E-state index contributed by atoms with van der Waals surface area (Å²) in [6.45, 7) is 12.8. The van der Waals surface area contributed by atoms with Gasteiger partial charge in [0.25, 0.3) is 0 Å². The summed E-state index contributed by atoms with van der Waals surface area (Å²) in [6.07, 6.45) is 4.60. The molecule has 1 aromatic carbocycles. The van der Waals surface area contributed by atoms with Crippen molar-refractivity contribution in [3.8, 4) is 11.9 Å². The van der Waals surface area contributed by atoms with E-state index in [0.717, 1.165) is 40.1 Å². The second-order valence-electron chi connectivity index (χ2n) is 6.69. The molecule has 1 unspecified atom stereocenters. The first-order valence-electron chi connectivity index (χ1n) is 9.31. The molecule has 0 bridgehead atoms. The predicted molar refractivity (Wildman–Crippen MR) is 109 cm³/mol. The minimum Gasteiger partial charge on any atom is -0.478 e. The Morgan fingerprint density at radius 2 is 2.11 bits per heavy atom. The summed E-state index contributed by atoms with van der Waals surface area (Å²) in [6, 6.07) is 8.17. The third-order valence-corrected chi connectivity index (χ3v) is 5.08. The molecule has 0 spiro atoms. The molecule has 0 radical (unpaired) electrons. The van der Waals surface area contributed by atoms with Crippen LogP contribution in [-0.2, 0) is 6.42 Å². The highest BCUT2D eigenvalue weighted by Gasteiger charge is 2.32. The van der Waals surface area contributed by atoms with Gasteiger partial charge in [-0.3, -0.25) is 0 Å². The molecule has 0 saturated heterocycles. The van der Waals surface area contributed by atoms with Gasteiger partial charge >= 0.3 is 0 Å². The van der Waals surface area contributed by atoms with Crippen molar-refractivity contribution < 1.29 is 4.74 Å². The van der Waals surface area contributed by atoms with Crippen LogP contribution in [0.5, 0.6) is 5.88 Å². The van der Waals surface area contributed by atoms with Crippen LogP contribution in [0.4, 0.5) is 5.69 Å². The van der Waals surface area contributed by atoms with E-state index < -0.39 is 0 Å². The van der Waals surface area contributed by atoms with Crippen molar-refractivity contribution in [3.05, 3.63) is 76.1 Å². The molecular weight excluding hydrogens is 334 g/mol. The highest BCUT2D eigenvalue weighted by Crippen LogP contribution is 2.47. The third-order valence-electron chi connectivity index (χ3n) is 5.08. The third kappa shape index (κ3) is 3.21. The normalized spacial score (nSPS) is 15.6. The van der Waals surface area contributed by atoms with E-state index in [4.69, 9.17) is 4.74 Å². The van der Waals surface area contributed by atoms with E-state index >= 15 is 0 Å². The quantitative estimate of drug-likeness (QED) is 0.793. The molecule has 1 N–H and O–H groups in total. The van der Waals surface area contributed by atoms with Crippen LogP contribution in [0.25, 0.3) is 0 Å². The first-order chi connectivity index (χ1) is 13.0. The van der Waals surface area contributed by atoms with Gasteiger partial charge in [-0.05, 0) is 61.6 Å². The van der Waals surface area contributed by atoms with Crippen molar-refractivity contribution in [2.24, 2.45) is 0 Å². The number of allylic oxidation sites excluding steroid dienone is 3. The number of benzene rings is 1. The van der Waals surface area contributed by atoms with Crippen LogP contribution < -0.4 is 10.1 Å². The Kier molecular flexibility index (Phi) is 5.32. The molecule has 138 valence electrons. The molecule has 3 rings (SSSR count). The first-order valence-corrected chi connectivity index (χ1v) is 9.31. The van der Waals surface area contributed by atoms with Gasteiger partial charge in [0, 0.05) is 23.4 Å². The number of hydrogen-bond acceptors (Lipinski definition) is 4. The van der Waals surface area contributed by atoms with Gasteiger partial charge < -0.3 is 10.1 Å². The molecule has 2 heterocycles. The lowest BCUT2D eigenvalue weighted by atomic mass is 9.78. The Morgan fingerprint density at radius 3 is 2.74 bits per heavy atom. The second-order valence-corrected chi connectivity index (χ2v) is 6.69. The van der Waals surface area contributed by atoms with Crippen LogP contribution in [-0.4, -0.2) is 11.6 Å². The maximum Gasteiger partial charge on any atom is 0.219 e. The van der Waals surface area contributed by atoms with E-state index in [1.165, 1.54) is 5.56 Å². The van der Waals surface area contributed by atoms with E-state index in [9.17, 15) is 5.26 Å². The summed E-state index contributed by atoms with van der Waals surface area (Å²) in [4.78, 5) is 4.57. The molecule has 0 aliphatic carbocycles. The fraction of sp³-hybridized carbons (Fsp3) is 0.304. The lowest BCUT2D eigenvalue weighted by Crippen LogP contribution is -2.20. The van der Waals surface area contributed by atoms with E-state index in [1.54, 1.807) is 0 Å². The van der Waals surface area contributed by atoms with E-state index in [2.05, 4.69) is 49.8 Å². The molecule has 0 amide bonds. The van der Waals surface area contributed by atoms with Crippen LogP contribution in [0.3, 0.4) is 0 Å². The van der Waals surface area contributed by atoms with Crippen molar-refractivity contribution in [2.75, 3.05) is 11.9 Å². The molecule has 0 saturated carbocycles. The molecular formula is C23H25N3O. The summed E-state index contributed by atoms with van der Waals surface area (Å²) in [5.41, 5.74) is 8.35. The van der Waals surface area contributed by atoms with Crippen molar-refractivity contribution in [2.45, 2.75) is 40.0 Å². The fourth-order valence-corrected chi connectivity index (χ4v) is 3.78. The van der Waals surface area contributed by atoms with Gasteiger partial charge in [-0.2, -0.15) is 5.26 Å². The lowest BCUT2D eigenvalue weighted by molar-refractivity contribution is 0.322. The number of ether oxygens (including phenoxy) is 1. The molecule has 1 aromatic heterocycles. The molecule has 1 aliphatic heterocycles. The van der Waals surface area contributed by atoms with Crippen molar-refractivity contribution in [1.29, 1.82) is 5.26 Å². The van der Waals surface area contributed by atoms with Crippen LogP contribution >= 0.6 is 0 Å². The highest BCUT2D eigenvalue weighted by molar-refractivity contribution is 5.72. The minimum absolute atomic E-state index is 0.0320. The minimum atomic E-state index is -0.0320. The van der Waals surface area contributed by atoms with Gasteiger partial charge in [0.05, 0.1) is 23.9 Å². The van der Waals surface area contributed by atoms with Gasteiger partial charge in [-0.25, -0.2) is 4.98 Å². The topological polar surface area (TPSA) is 57.9 Å². The highest BCUT2D eigenvalue weighted by atomic mass is 16.5. The fourth-order valence-electron chi connectivity index (χ4n) is 3.78. The maximum absolute atomic E-state index is 9.29. The lowest BCUT2D eigenvalue weighted by Gasteiger charge is -2.33. The summed E-state index contributed by atoms with van der Waals surface area (Å²) in [5.74, 6) is 0.615. The largest absolute Gasteiger partial charge is 0.478 e. The zero-order valence-corrected chi connectivity index (χ0v) is 16.4. The summed E-state index contributed by atoms with van der Waals surface area (Å²) >= 11 is 0. The summed E-state index contributed by atoms with van der Waals surface area (Å²) < 4.78 is 5.90. The molecule has 4 heteroatoms. The Hall–Kier alpha value is -3.06. The van der Waals surface area contributed by atoms with Crippen LogP contribution in [0.15, 0.2) is 48.3 Å². The molecule has 0 fully saturated rings. The predicted octanol–water partition coefficient (Wildman–Crippen LogP) is 5.24. The van der Waals surface area contributed by atoms with E-state index in [1.807, 2.05) is 31.3 Å².